The predicted molar refractivity (Wildman–Crippen MR) is 89.3 cm³/mol. The topological polar surface area (TPSA) is 46.5 Å². The van der Waals surface area contributed by atoms with Gasteiger partial charge in [0.1, 0.15) is 12.4 Å². The highest BCUT2D eigenvalue weighted by Crippen LogP contribution is 2.30. The van der Waals surface area contributed by atoms with Crippen molar-refractivity contribution < 1.29 is 14.6 Å². The van der Waals surface area contributed by atoms with Crippen LogP contribution in [0.4, 0.5) is 0 Å². The lowest BCUT2D eigenvalue weighted by molar-refractivity contribution is -0.131. The van der Waals surface area contributed by atoms with Crippen molar-refractivity contribution in [3.63, 3.8) is 0 Å². The van der Waals surface area contributed by atoms with E-state index in [1.165, 1.54) is 6.08 Å². The van der Waals surface area contributed by atoms with E-state index in [2.05, 4.69) is 31.9 Å². The summed E-state index contributed by atoms with van der Waals surface area (Å²) in [5, 5.41) is 8.73. The normalized spacial score (nSPS) is 10.8. The van der Waals surface area contributed by atoms with Gasteiger partial charge in [-0.3, -0.25) is 0 Å². The highest BCUT2D eigenvalue weighted by atomic mass is 79.9. The van der Waals surface area contributed by atoms with Crippen molar-refractivity contribution in [3.05, 3.63) is 68.6 Å². The van der Waals surface area contributed by atoms with E-state index in [0.717, 1.165) is 20.6 Å². The van der Waals surface area contributed by atoms with Gasteiger partial charge in [0.25, 0.3) is 0 Å². The summed E-state index contributed by atoms with van der Waals surface area (Å²) in [6.07, 6.45) is 2.61. The van der Waals surface area contributed by atoms with Crippen molar-refractivity contribution in [2.45, 2.75) is 6.61 Å². The van der Waals surface area contributed by atoms with Crippen LogP contribution in [0.25, 0.3) is 6.08 Å². The quantitative estimate of drug-likeness (QED) is 0.712. The zero-order valence-electron chi connectivity index (χ0n) is 10.9. The maximum Gasteiger partial charge on any atom is 0.328 e. The Morgan fingerprint density at radius 2 is 1.86 bits per heavy atom. The van der Waals surface area contributed by atoms with Crippen molar-refractivity contribution in [2.24, 2.45) is 0 Å². The van der Waals surface area contributed by atoms with Gasteiger partial charge in [0, 0.05) is 16.1 Å². The predicted octanol–water partition coefficient (Wildman–Crippen LogP) is 4.89. The summed E-state index contributed by atoms with van der Waals surface area (Å²) in [6, 6.07) is 13.3. The molecule has 0 amide bonds. The largest absolute Gasteiger partial charge is 0.487 e. The lowest BCUT2D eigenvalue weighted by Gasteiger charge is -2.11. The van der Waals surface area contributed by atoms with Crippen molar-refractivity contribution in [1.82, 2.24) is 0 Å². The Morgan fingerprint density at radius 3 is 2.52 bits per heavy atom. The lowest BCUT2D eigenvalue weighted by Crippen LogP contribution is -1.98. The van der Waals surface area contributed by atoms with Crippen molar-refractivity contribution in [3.8, 4) is 5.75 Å². The molecule has 0 saturated carbocycles. The Labute approximate surface area is 139 Å². The summed E-state index contributed by atoms with van der Waals surface area (Å²) >= 11 is 6.81. The van der Waals surface area contributed by atoms with Crippen LogP contribution in [0.15, 0.2) is 57.5 Å². The van der Waals surface area contributed by atoms with E-state index in [1.54, 1.807) is 6.07 Å². The summed E-state index contributed by atoms with van der Waals surface area (Å²) in [4.78, 5) is 10.6. The molecule has 2 aromatic carbocycles. The third kappa shape index (κ3) is 4.72. The minimum absolute atomic E-state index is 0.407. The van der Waals surface area contributed by atoms with Gasteiger partial charge in [0.05, 0.1) is 4.47 Å². The second-order valence-electron chi connectivity index (χ2n) is 4.24. The van der Waals surface area contributed by atoms with Gasteiger partial charge in [-0.15, -0.1) is 0 Å². The van der Waals surface area contributed by atoms with Gasteiger partial charge >= 0.3 is 5.97 Å². The van der Waals surface area contributed by atoms with Gasteiger partial charge in [0.2, 0.25) is 0 Å². The molecule has 0 aliphatic heterocycles. The molecule has 0 aromatic heterocycles. The number of ether oxygens (including phenoxy) is 1. The number of carbonyl (C=O) groups is 1. The fourth-order valence-corrected chi connectivity index (χ4v) is 2.47. The molecule has 0 radical (unpaired) electrons. The first-order valence-corrected chi connectivity index (χ1v) is 7.71. The molecule has 0 aliphatic rings. The molecule has 0 spiro atoms. The number of para-hydroxylation sites is 1. The second-order valence-corrected chi connectivity index (χ2v) is 6.01. The van der Waals surface area contributed by atoms with Crippen LogP contribution >= 0.6 is 31.9 Å². The zero-order chi connectivity index (χ0) is 15.2. The van der Waals surface area contributed by atoms with Gasteiger partial charge in [-0.1, -0.05) is 40.2 Å². The minimum atomic E-state index is -0.992. The van der Waals surface area contributed by atoms with Gasteiger partial charge in [-0.2, -0.15) is 0 Å². The maximum absolute atomic E-state index is 10.6. The summed E-state index contributed by atoms with van der Waals surface area (Å²) < 4.78 is 7.62. The number of aliphatic carboxylic acids is 1. The van der Waals surface area contributed by atoms with E-state index in [0.29, 0.717) is 17.9 Å². The molecule has 0 heterocycles. The Hall–Kier alpha value is -1.59. The van der Waals surface area contributed by atoms with E-state index in [-0.39, 0.29) is 0 Å². The zero-order valence-corrected chi connectivity index (χ0v) is 14.1. The van der Waals surface area contributed by atoms with E-state index in [1.807, 2.05) is 36.4 Å². The lowest BCUT2D eigenvalue weighted by atomic mass is 10.2. The average Bonchev–Trinajstić information content (AvgIpc) is 2.46. The number of halogens is 2. The van der Waals surface area contributed by atoms with Crippen LogP contribution in [0.1, 0.15) is 11.1 Å². The molecule has 1 N–H and O–H groups in total. The average molecular weight is 412 g/mol. The molecule has 0 unspecified atom stereocenters. The maximum atomic E-state index is 10.6. The van der Waals surface area contributed by atoms with E-state index in [9.17, 15) is 4.79 Å². The van der Waals surface area contributed by atoms with Crippen LogP contribution < -0.4 is 4.74 Å². The Kier molecular flexibility index (Phi) is 5.59. The summed E-state index contributed by atoms with van der Waals surface area (Å²) in [5.41, 5.74) is 1.74. The van der Waals surface area contributed by atoms with Crippen LogP contribution in [0, 0.1) is 0 Å². The van der Waals surface area contributed by atoms with Gasteiger partial charge in [-0.25, -0.2) is 4.79 Å². The number of benzene rings is 2. The number of carboxylic acids is 1. The van der Waals surface area contributed by atoms with Crippen LogP contribution in [0.5, 0.6) is 5.75 Å². The molecule has 2 aromatic rings. The molecule has 0 fully saturated rings. The standard InChI is InChI=1S/C16H12Br2O3/c17-13-7-4-11(5-8-13)10-21-16-12(6-9-15(19)20)2-1-3-14(16)18/h1-9H,10H2,(H,19,20). The molecular weight excluding hydrogens is 400 g/mol. The van der Waals surface area contributed by atoms with Crippen molar-refractivity contribution in [1.29, 1.82) is 0 Å². The first-order chi connectivity index (χ1) is 10.1. The molecule has 2 rings (SSSR count). The summed E-state index contributed by atoms with van der Waals surface area (Å²) in [7, 11) is 0. The van der Waals surface area contributed by atoms with Crippen LogP contribution in [0.2, 0.25) is 0 Å². The number of carboxylic acid groups (broad SMARTS) is 1. The van der Waals surface area contributed by atoms with Gasteiger partial charge in [0.15, 0.2) is 0 Å². The molecule has 0 saturated heterocycles. The molecule has 0 bridgehead atoms. The van der Waals surface area contributed by atoms with Crippen molar-refractivity contribution >= 4 is 43.9 Å². The Balaban J connectivity index is 2.18. The minimum Gasteiger partial charge on any atom is -0.487 e. The number of hydrogen-bond donors (Lipinski definition) is 1. The van der Waals surface area contributed by atoms with E-state index in [4.69, 9.17) is 9.84 Å². The monoisotopic (exact) mass is 410 g/mol. The molecule has 21 heavy (non-hydrogen) atoms. The third-order valence-electron chi connectivity index (χ3n) is 2.70. The summed E-state index contributed by atoms with van der Waals surface area (Å²) in [5.74, 6) is -0.369. The second kappa shape index (κ2) is 7.43. The fraction of sp³-hybridized carbons (Fsp3) is 0.0625. The molecule has 0 atom stereocenters. The number of hydrogen-bond acceptors (Lipinski definition) is 2. The van der Waals surface area contributed by atoms with Crippen molar-refractivity contribution in [2.75, 3.05) is 0 Å². The molecule has 5 heteroatoms. The van der Waals surface area contributed by atoms with E-state index < -0.39 is 5.97 Å². The molecular formula is C16H12Br2O3. The third-order valence-corrected chi connectivity index (χ3v) is 3.85. The van der Waals surface area contributed by atoms with Gasteiger partial charge < -0.3 is 9.84 Å². The molecule has 108 valence electrons. The highest BCUT2D eigenvalue weighted by molar-refractivity contribution is 9.10. The smallest absolute Gasteiger partial charge is 0.328 e. The van der Waals surface area contributed by atoms with Crippen LogP contribution in [-0.2, 0) is 11.4 Å². The Bertz CT molecular complexity index is 664. The highest BCUT2D eigenvalue weighted by Gasteiger charge is 2.07. The SMILES string of the molecule is O=C(O)C=Cc1cccc(Br)c1OCc1ccc(Br)cc1. The fourth-order valence-electron chi connectivity index (χ4n) is 1.71. The van der Waals surface area contributed by atoms with E-state index >= 15 is 0 Å². The Morgan fingerprint density at radius 1 is 1.14 bits per heavy atom. The first kappa shape index (κ1) is 15.8. The van der Waals surface area contributed by atoms with Crippen LogP contribution in [0.3, 0.4) is 0 Å². The number of rotatable bonds is 5. The van der Waals surface area contributed by atoms with Crippen LogP contribution in [-0.4, -0.2) is 11.1 Å². The molecule has 0 aliphatic carbocycles. The summed E-state index contributed by atoms with van der Waals surface area (Å²) in [6.45, 7) is 0.407. The van der Waals surface area contributed by atoms with Gasteiger partial charge in [-0.05, 0) is 45.8 Å². The molecule has 3 nitrogen and oxygen atoms in total. The first-order valence-electron chi connectivity index (χ1n) is 6.13.